The number of benzene rings is 2. The average molecular weight is 386 g/mol. The first-order chi connectivity index (χ1) is 14.2. The molecule has 3 nitrogen and oxygen atoms in total. The number of unbranched alkanes of at least 4 members (excludes halogenated alkanes) is 1. The van der Waals surface area contributed by atoms with Crippen molar-refractivity contribution in [2.75, 3.05) is 5.32 Å². The third-order valence-corrected chi connectivity index (χ3v) is 6.39. The Balaban J connectivity index is 1.81. The number of fused-ring (bicyclic) bond motifs is 1. The van der Waals surface area contributed by atoms with E-state index in [0.29, 0.717) is 6.04 Å². The Morgan fingerprint density at radius 3 is 2.66 bits per heavy atom. The summed E-state index contributed by atoms with van der Waals surface area (Å²) in [6.45, 7) is 2.25. The molecule has 1 aliphatic carbocycles. The first-order valence-electron chi connectivity index (χ1n) is 11.1. The minimum Gasteiger partial charge on any atom is -0.381 e. The number of nitrogens with one attached hydrogen (secondary N) is 1. The summed E-state index contributed by atoms with van der Waals surface area (Å²) in [7, 11) is 2.18. The molecule has 1 heterocycles. The highest BCUT2D eigenvalue weighted by Crippen LogP contribution is 2.37. The van der Waals surface area contributed by atoms with Gasteiger partial charge in [-0.1, -0.05) is 56.9 Å². The molecule has 3 heteroatoms. The molecule has 2 aromatic carbocycles. The van der Waals surface area contributed by atoms with Gasteiger partial charge in [0.15, 0.2) is 0 Å². The normalized spacial score (nSPS) is 14.8. The van der Waals surface area contributed by atoms with E-state index >= 15 is 0 Å². The van der Waals surface area contributed by atoms with E-state index in [9.17, 15) is 5.26 Å². The Bertz CT molecular complexity index is 1030. The van der Waals surface area contributed by atoms with Gasteiger partial charge >= 0.3 is 0 Å². The zero-order chi connectivity index (χ0) is 20.2. The van der Waals surface area contributed by atoms with E-state index in [1.54, 1.807) is 0 Å². The monoisotopic (exact) mass is 385 g/mol. The van der Waals surface area contributed by atoms with Gasteiger partial charge in [0.1, 0.15) is 6.07 Å². The summed E-state index contributed by atoms with van der Waals surface area (Å²) in [6.07, 6.45) is 9.73. The van der Waals surface area contributed by atoms with Gasteiger partial charge in [0, 0.05) is 35.2 Å². The topological polar surface area (TPSA) is 40.8 Å². The quantitative estimate of drug-likeness (QED) is 0.506. The van der Waals surface area contributed by atoms with Crippen LogP contribution in [0.1, 0.15) is 63.1 Å². The molecular formula is C26H31N3. The summed E-state index contributed by atoms with van der Waals surface area (Å²) < 4.78 is 2.35. The molecule has 0 unspecified atom stereocenters. The maximum absolute atomic E-state index is 9.66. The van der Waals surface area contributed by atoms with Crippen LogP contribution in [0.15, 0.2) is 42.5 Å². The fourth-order valence-corrected chi connectivity index (χ4v) is 4.79. The Hall–Kier alpha value is -2.73. The standard InChI is InChI=1S/C26H31N3/c1-3-4-13-25-26(22-12-8-9-14-24(22)29(25)2)19-15-16-20(18-27)23(17-19)28-21-10-6-5-7-11-21/h8-9,12,14-17,21,28H,3-7,10-11,13H2,1-2H3. The number of rotatable bonds is 6. The van der Waals surface area contributed by atoms with Crippen LogP contribution in [0.3, 0.4) is 0 Å². The second kappa shape index (κ2) is 8.74. The summed E-state index contributed by atoms with van der Waals surface area (Å²) in [5.41, 5.74) is 6.94. The molecule has 29 heavy (non-hydrogen) atoms. The van der Waals surface area contributed by atoms with Gasteiger partial charge in [0.2, 0.25) is 0 Å². The summed E-state index contributed by atoms with van der Waals surface area (Å²) in [6, 6.07) is 17.9. The van der Waals surface area contributed by atoms with Crippen LogP contribution >= 0.6 is 0 Å². The molecule has 0 bridgehead atoms. The van der Waals surface area contributed by atoms with Crippen molar-refractivity contribution in [2.45, 2.75) is 64.3 Å². The minimum atomic E-state index is 0.484. The molecule has 1 aromatic heterocycles. The Morgan fingerprint density at radius 2 is 1.90 bits per heavy atom. The van der Waals surface area contributed by atoms with Crippen LogP contribution in [0.25, 0.3) is 22.0 Å². The third-order valence-electron chi connectivity index (χ3n) is 6.39. The molecule has 150 valence electrons. The summed E-state index contributed by atoms with van der Waals surface area (Å²) >= 11 is 0. The number of hydrogen-bond donors (Lipinski definition) is 1. The lowest BCUT2D eigenvalue weighted by Gasteiger charge is -2.24. The van der Waals surface area contributed by atoms with Crippen molar-refractivity contribution in [1.82, 2.24) is 4.57 Å². The molecule has 0 aliphatic heterocycles. The SMILES string of the molecule is CCCCc1c(-c2ccc(C#N)c(NC3CCCCC3)c2)c2ccccc2n1C. The van der Waals surface area contributed by atoms with Crippen molar-refractivity contribution in [2.24, 2.45) is 7.05 Å². The van der Waals surface area contributed by atoms with Gasteiger partial charge in [-0.05, 0) is 49.4 Å². The number of anilines is 1. The van der Waals surface area contributed by atoms with E-state index in [2.05, 4.69) is 66.3 Å². The lowest BCUT2D eigenvalue weighted by Crippen LogP contribution is -2.22. The highest BCUT2D eigenvalue weighted by molar-refractivity contribution is 5.98. The molecular weight excluding hydrogens is 354 g/mol. The Morgan fingerprint density at radius 1 is 1.10 bits per heavy atom. The fourth-order valence-electron chi connectivity index (χ4n) is 4.79. The van der Waals surface area contributed by atoms with Crippen LogP contribution < -0.4 is 5.32 Å². The zero-order valence-electron chi connectivity index (χ0n) is 17.7. The molecule has 3 aromatic rings. The second-order valence-electron chi connectivity index (χ2n) is 8.35. The Kier molecular flexibility index (Phi) is 5.90. The fraction of sp³-hybridized carbons (Fsp3) is 0.423. The minimum absolute atomic E-state index is 0.484. The number of nitrogens with zero attached hydrogens (tertiary/aromatic N) is 2. The largest absolute Gasteiger partial charge is 0.381 e. The molecule has 1 fully saturated rings. The second-order valence-corrected chi connectivity index (χ2v) is 8.35. The molecule has 4 rings (SSSR count). The highest BCUT2D eigenvalue weighted by atomic mass is 15.0. The van der Waals surface area contributed by atoms with Gasteiger partial charge in [-0.15, -0.1) is 0 Å². The summed E-state index contributed by atoms with van der Waals surface area (Å²) in [5.74, 6) is 0. The van der Waals surface area contributed by atoms with Gasteiger partial charge in [-0.25, -0.2) is 0 Å². The Labute approximate surface area is 174 Å². The van der Waals surface area contributed by atoms with Crippen molar-refractivity contribution in [3.05, 3.63) is 53.7 Å². The smallest absolute Gasteiger partial charge is 0.101 e. The van der Waals surface area contributed by atoms with Crippen LogP contribution in [-0.2, 0) is 13.5 Å². The van der Waals surface area contributed by atoms with E-state index in [1.165, 1.54) is 72.7 Å². The van der Waals surface area contributed by atoms with Gasteiger partial charge < -0.3 is 9.88 Å². The molecule has 1 aliphatic rings. The van der Waals surface area contributed by atoms with E-state index in [4.69, 9.17) is 0 Å². The molecule has 0 amide bonds. The number of aromatic nitrogens is 1. The predicted octanol–water partition coefficient (Wildman–Crippen LogP) is 6.80. The number of para-hydroxylation sites is 1. The average Bonchev–Trinajstić information content (AvgIpc) is 3.05. The molecule has 1 saturated carbocycles. The van der Waals surface area contributed by atoms with Crippen molar-refractivity contribution in [3.63, 3.8) is 0 Å². The molecule has 0 radical (unpaired) electrons. The van der Waals surface area contributed by atoms with Gasteiger partial charge in [-0.2, -0.15) is 5.26 Å². The molecule has 0 saturated heterocycles. The molecule has 0 spiro atoms. The number of hydrogen-bond acceptors (Lipinski definition) is 2. The van der Waals surface area contributed by atoms with Crippen LogP contribution in [0.5, 0.6) is 0 Å². The van der Waals surface area contributed by atoms with E-state index in [1.807, 2.05) is 6.07 Å². The van der Waals surface area contributed by atoms with E-state index < -0.39 is 0 Å². The van der Waals surface area contributed by atoms with Crippen molar-refractivity contribution in [1.29, 1.82) is 5.26 Å². The first-order valence-corrected chi connectivity index (χ1v) is 11.1. The maximum atomic E-state index is 9.66. The lowest BCUT2D eigenvalue weighted by atomic mass is 9.94. The van der Waals surface area contributed by atoms with Crippen molar-refractivity contribution < 1.29 is 0 Å². The lowest BCUT2D eigenvalue weighted by molar-refractivity contribution is 0.462. The van der Waals surface area contributed by atoms with Gasteiger partial charge in [-0.3, -0.25) is 0 Å². The van der Waals surface area contributed by atoms with Crippen molar-refractivity contribution in [3.8, 4) is 17.2 Å². The zero-order valence-corrected chi connectivity index (χ0v) is 17.7. The maximum Gasteiger partial charge on any atom is 0.101 e. The molecule has 0 atom stereocenters. The van der Waals surface area contributed by atoms with Gasteiger partial charge in [0.25, 0.3) is 0 Å². The number of aryl methyl sites for hydroxylation is 1. The van der Waals surface area contributed by atoms with E-state index in [0.717, 1.165) is 17.7 Å². The highest BCUT2D eigenvalue weighted by Gasteiger charge is 2.19. The predicted molar refractivity (Wildman–Crippen MR) is 122 cm³/mol. The molecule has 1 N–H and O–H groups in total. The summed E-state index contributed by atoms with van der Waals surface area (Å²) in [4.78, 5) is 0. The summed E-state index contributed by atoms with van der Waals surface area (Å²) in [5, 5.41) is 14.7. The van der Waals surface area contributed by atoms with Crippen LogP contribution in [-0.4, -0.2) is 10.6 Å². The van der Waals surface area contributed by atoms with E-state index in [-0.39, 0.29) is 0 Å². The third kappa shape index (κ3) is 3.90. The van der Waals surface area contributed by atoms with Crippen LogP contribution in [0.2, 0.25) is 0 Å². The number of nitriles is 1. The van der Waals surface area contributed by atoms with Crippen LogP contribution in [0, 0.1) is 11.3 Å². The van der Waals surface area contributed by atoms with Crippen molar-refractivity contribution >= 4 is 16.6 Å². The first kappa shape index (κ1) is 19.6. The van der Waals surface area contributed by atoms with Gasteiger partial charge in [0.05, 0.1) is 11.3 Å². The van der Waals surface area contributed by atoms with Crippen LogP contribution in [0.4, 0.5) is 5.69 Å².